The highest BCUT2D eigenvalue weighted by atomic mass is 32.2. The molecule has 0 amide bonds. The molecule has 10 heteroatoms. The highest BCUT2D eigenvalue weighted by Crippen LogP contribution is 2.38. The number of aryl methyl sites for hydroxylation is 2. The molecule has 5 rings (SSSR count). The summed E-state index contributed by atoms with van der Waals surface area (Å²) < 4.78 is 40.3. The van der Waals surface area contributed by atoms with Crippen LogP contribution < -0.4 is 9.47 Å². The third-order valence-corrected chi connectivity index (χ3v) is 7.68. The minimum Gasteiger partial charge on any atom is -0.454 e. The third kappa shape index (κ3) is 3.03. The van der Waals surface area contributed by atoms with Crippen molar-refractivity contribution in [2.45, 2.75) is 37.5 Å². The number of hydrogen-bond acceptors (Lipinski definition) is 7. The van der Waals surface area contributed by atoms with Crippen LogP contribution in [-0.2, 0) is 10.0 Å². The summed E-state index contributed by atoms with van der Waals surface area (Å²) in [5, 5.41) is 8.72. The molecule has 1 aromatic carbocycles. The molecule has 9 nitrogen and oxygen atoms in total. The van der Waals surface area contributed by atoms with Gasteiger partial charge in [0.15, 0.2) is 17.1 Å². The summed E-state index contributed by atoms with van der Waals surface area (Å²) in [6.45, 7) is 4.79. The van der Waals surface area contributed by atoms with E-state index in [0.29, 0.717) is 48.6 Å². The molecule has 2 aliphatic heterocycles. The minimum atomic E-state index is -3.61. The van der Waals surface area contributed by atoms with Gasteiger partial charge in [0.1, 0.15) is 6.33 Å². The zero-order valence-corrected chi connectivity index (χ0v) is 17.0. The number of nitrogens with zero attached hydrogens (tertiary/aromatic N) is 5. The topological polar surface area (TPSA) is 98.9 Å². The van der Waals surface area contributed by atoms with Crippen LogP contribution in [0.2, 0.25) is 0 Å². The van der Waals surface area contributed by atoms with Crippen molar-refractivity contribution >= 4 is 15.7 Å². The molecule has 0 N–H and O–H groups in total. The van der Waals surface area contributed by atoms with Crippen LogP contribution in [0.25, 0.3) is 5.65 Å². The van der Waals surface area contributed by atoms with Crippen molar-refractivity contribution in [3.8, 4) is 11.5 Å². The maximum Gasteiger partial charge on any atom is 0.243 e. The first-order chi connectivity index (χ1) is 13.9. The summed E-state index contributed by atoms with van der Waals surface area (Å²) in [6, 6.07) is 5.26. The predicted octanol–water partition coefficient (Wildman–Crippen LogP) is 2.04. The summed E-state index contributed by atoms with van der Waals surface area (Å²) in [7, 11) is -3.61. The highest BCUT2D eigenvalue weighted by Gasteiger charge is 2.33. The number of fused-ring (bicyclic) bond motifs is 2. The van der Waals surface area contributed by atoms with E-state index in [-0.39, 0.29) is 17.6 Å². The van der Waals surface area contributed by atoms with E-state index >= 15 is 0 Å². The first-order valence-corrected chi connectivity index (χ1v) is 11.0. The van der Waals surface area contributed by atoms with Gasteiger partial charge in [0.25, 0.3) is 0 Å². The molecule has 29 heavy (non-hydrogen) atoms. The average Bonchev–Trinajstić information content (AvgIpc) is 3.35. The van der Waals surface area contributed by atoms with Gasteiger partial charge in [-0.2, -0.15) is 9.40 Å². The molecule has 0 spiro atoms. The molecule has 0 unspecified atom stereocenters. The van der Waals surface area contributed by atoms with Crippen molar-refractivity contribution in [3.05, 3.63) is 41.3 Å². The summed E-state index contributed by atoms with van der Waals surface area (Å²) in [6.07, 6.45) is 2.89. The molecule has 4 heterocycles. The zero-order valence-electron chi connectivity index (χ0n) is 16.2. The Hall–Kier alpha value is -2.72. The molecule has 2 aromatic heterocycles. The lowest BCUT2D eigenvalue weighted by Gasteiger charge is -2.31. The number of aromatic nitrogens is 4. The van der Waals surface area contributed by atoms with Crippen molar-refractivity contribution in [1.29, 1.82) is 0 Å². The SMILES string of the molecule is Cc1cc2c(cc1S(=O)(=O)N1CCC(c3nn4ncnc4cc3C)CC1)OCO2. The molecule has 3 aromatic rings. The molecule has 1 saturated heterocycles. The minimum absolute atomic E-state index is 0.117. The predicted molar refractivity (Wildman–Crippen MR) is 104 cm³/mol. The molecule has 0 bridgehead atoms. The molecule has 2 aliphatic rings. The van der Waals surface area contributed by atoms with Gasteiger partial charge in [-0.15, -0.1) is 9.73 Å². The lowest BCUT2D eigenvalue weighted by molar-refractivity contribution is 0.174. The van der Waals surface area contributed by atoms with Crippen molar-refractivity contribution in [1.82, 2.24) is 24.1 Å². The van der Waals surface area contributed by atoms with Gasteiger partial charge in [0.05, 0.1) is 10.6 Å². The Morgan fingerprint density at radius 3 is 2.52 bits per heavy atom. The molecular formula is C19H21N5O4S. The fraction of sp³-hybridized carbons (Fsp3) is 0.421. The van der Waals surface area contributed by atoms with Gasteiger partial charge < -0.3 is 9.47 Å². The van der Waals surface area contributed by atoms with Crippen molar-refractivity contribution in [2.24, 2.45) is 0 Å². The van der Waals surface area contributed by atoms with Crippen LogP contribution in [0, 0.1) is 13.8 Å². The van der Waals surface area contributed by atoms with E-state index in [2.05, 4.69) is 15.2 Å². The lowest BCUT2D eigenvalue weighted by atomic mass is 9.92. The second-order valence-corrected chi connectivity index (χ2v) is 9.38. The number of benzene rings is 1. The van der Waals surface area contributed by atoms with Crippen molar-refractivity contribution in [2.75, 3.05) is 19.9 Å². The van der Waals surface area contributed by atoms with Crippen LogP contribution in [-0.4, -0.2) is 52.4 Å². The smallest absolute Gasteiger partial charge is 0.243 e. The summed E-state index contributed by atoms with van der Waals surface area (Å²) in [4.78, 5) is 4.44. The monoisotopic (exact) mass is 415 g/mol. The number of piperidine rings is 1. The van der Waals surface area contributed by atoms with E-state index in [1.54, 1.807) is 23.4 Å². The Balaban J connectivity index is 1.38. The van der Waals surface area contributed by atoms with Gasteiger partial charge in [0.2, 0.25) is 16.8 Å². The molecule has 0 atom stereocenters. The summed E-state index contributed by atoms with van der Waals surface area (Å²) >= 11 is 0. The van der Waals surface area contributed by atoms with Crippen LogP contribution in [0.15, 0.2) is 29.4 Å². The quantitative estimate of drug-likeness (QED) is 0.645. The van der Waals surface area contributed by atoms with Crippen LogP contribution in [0.4, 0.5) is 0 Å². The Morgan fingerprint density at radius 2 is 1.76 bits per heavy atom. The number of hydrogen-bond donors (Lipinski definition) is 0. The first-order valence-electron chi connectivity index (χ1n) is 9.51. The summed E-state index contributed by atoms with van der Waals surface area (Å²) in [5.41, 5.74) is 3.38. The standard InChI is InChI=1S/C19H21N5O4S/c1-12-7-15-16(28-11-27-15)9-17(12)29(25,26)23-5-3-14(4-6-23)19-13(2)8-18-20-10-21-24(18)22-19/h7-10,14H,3-6,11H2,1-2H3. The van der Waals surface area contributed by atoms with E-state index in [4.69, 9.17) is 9.47 Å². The van der Waals surface area contributed by atoms with Crippen LogP contribution >= 0.6 is 0 Å². The number of rotatable bonds is 3. The van der Waals surface area contributed by atoms with Gasteiger partial charge in [-0.1, -0.05) is 0 Å². The van der Waals surface area contributed by atoms with Crippen LogP contribution in [0.3, 0.4) is 0 Å². The summed E-state index contributed by atoms with van der Waals surface area (Å²) in [5.74, 6) is 1.25. The normalized spacial score (nSPS) is 17.9. The first kappa shape index (κ1) is 18.3. The fourth-order valence-electron chi connectivity index (χ4n) is 4.08. The molecule has 1 fully saturated rings. The zero-order chi connectivity index (χ0) is 20.2. The third-order valence-electron chi connectivity index (χ3n) is 5.64. The maximum atomic E-state index is 13.2. The largest absolute Gasteiger partial charge is 0.454 e. The molecule has 0 aliphatic carbocycles. The number of sulfonamides is 1. The van der Waals surface area contributed by atoms with Crippen LogP contribution in [0.1, 0.15) is 35.6 Å². The Kier molecular flexibility index (Phi) is 4.21. The van der Waals surface area contributed by atoms with E-state index in [0.717, 1.165) is 11.3 Å². The molecule has 0 radical (unpaired) electrons. The van der Waals surface area contributed by atoms with E-state index in [9.17, 15) is 8.42 Å². The van der Waals surface area contributed by atoms with Gasteiger partial charge in [-0.25, -0.2) is 13.4 Å². The Morgan fingerprint density at radius 1 is 1.03 bits per heavy atom. The van der Waals surface area contributed by atoms with E-state index < -0.39 is 10.0 Å². The van der Waals surface area contributed by atoms with E-state index in [1.807, 2.05) is 13.0 Å². The lowest BCUT2D eigenvalue weighted by Crippen LogP contribution is -2.38. The fourth-order valence-corrected chi connectivity index (χ4v) is 5.77. The number of ether oxygens (including phenoxy) is 2. The van der Waals surface area contributed by atoms with Gasteiger partial charge in [-0.05, 0) is 49.9 Å². The molecule has 152 valence electrons. The van der Waals surface area contributed by atoms with Crippen molar-refractivity contribution < 1.29 is 17.9 Å². The molecule has 0 saturated carbocycles. The Labute approximate surface area is 168 Å². The van der Waals surface area contributed by atoms with Gasteiger partial charge >= 0.3 is 0 Å². The highest BCUT2D eigenvalue weighted by molar-refractivity contribution is 7.89. The van der Waals surface area contributed by atoms with Gasteiger partial charge in [-0.3, -0.25) is 0 Å². The maximum absolute atomic E-state index is 13.2. The Bertz CT molecular complexity index is 1200. The van der Waals surface area contributed by atoms with Crippen LogP contribution in [0.5, 0.6) is 11.5 Å². The van der Waals surface area contributed by atoms with Crippen molar-refractivity contribution in [3.63, 3.8) is 0 Å². The molecular weight excluding hydrogens is 394 g/mol. The van der Waals surface area contributed by atoms with Gasteiger partial charge in [0, 0.05) is 25.1 Å². The second kappa shape index (κ2) is 6.67. The average molecular weight is 415 g/mol. The van der Waals surface area contributed by atoms with E-state index in [1.165, 1.54) is 11.0 Å². The second-order valence-electron chi connectivity index (χ2n) is 7.47.